The van der Waals surface area contributed by atoms with Crippen LogP contribution in [0.4, 0.5) is 0 Å². The molecule has 30 heavy (non-hydrogen) atoms. The Bertz CT molecular complexity index is 1470. The van der Waals surface area contributed by atoms with Crippen molar-refractivity contribution in [3.63, 3.8) is 0 Å². The van der Waals surface area contributed by atoms with Crippen molar-refractivity contribution >= 4 is 27.5 Å². The molecule has 152 valence electrons. The number of halogens is 1. The molecular formula is C21H18ClN5O2S. The highest BCUT2D eigenvalue weighted by molar-refractivity contribution is 7.15. The topological polar surface area (TPSA) is 76.0 Å². The number of nitrogens with one attached hydrogen (secondary N) is 1. The third-order valence-corrected chi connectivity index (χ3v) is 5.86. The lowest BCUT2D eigenvalue weighted by molar-refractivity contribution is -0.689. The van der Waals surface area contributed by atoms with Gasteiger partial charge >= 0.3 is 5.69 Å². The summed E-state index contributed by atoms with van der Waals surface area (Å²) in [6.45, 7) is 0.594. The van der Waals surface area contributed by atoms with Crippen LogP contribution in [0.15, 0.2) is 69.8 Å². The molecule has 1 N–H and O–H groups in total. The molecule has 4 heterocycles. The second-order valence-electron chi connectivity index (χ2n) is 6.99. The molecule has 0 atom stereocenters. The second-order valence-corrected chi connectivity index (χ2v) is 7.83. The number of nitrogens with zero attached hydrogens (tertiary/aromatic N) is 4. The molecule has 0 aliphatic heterocycles. The number of aryl methyl sites for hydroxylation is 1. The fraction of sp³-hybridized carbons (Fsp3) is 0.143. The minimum atomic E-state index is -0.460. The minimum absolute atomic E-state index is 0. The minimum Gasteiger partial charge on any atom is -1.00 e. The van der Waals surface area contributed by atoms with Crippen LogP contribution in [-0.4, -0.2) is 18.9 Å². The van der Waals surface area contributed by atoms with Crippen LogP contribution < -0.4 is 28.2 Å². The maximum absolute atomic E-state index is 12.5. The quantitative estimate of drug-likeness (QED) is 0.360. The average Bonchev–Trinajstić information content (AvgIpc) is 3.28. The number of aromatic amines is 1. The predicted octanol–water partition coefficient (Wildman–Crippen LogP) is -1.13. The first-order chi connectivity index (χ1) is 14.1. The van der Waals surface area contributed by atoms with Gasteiger partial charge in [-0.05, 0) is 11.6 Å². The van der Waals surface area contributed by atoms with Crippen LogP contribution in [-0.2, 0) is 20.0 Å². The highest BCUT2D eigenvalue weighted by atomic mass is 35.5. The third-order valence-electron chi connectivity index (χ3n) is 4.99. The van der Waals surface area contributed by atoms with Crippen LogP contribution >= 0.6 is 11.3 Å². The molecule has 0 amide bonds. The molecule has 5 rings (SSSR count). The van der Waals surface area contributed by atoms with Crippen molar-refractivity contribution in [1.82, 2.24) is 18.9 Å². The van der Waals surface area contributed by atoms with Crippen molar-refractivity contribution in [3.05, 3.63) is 97.9 Å². The van der Waals surface area contributed by atoms with E-state index < -0.39 is 11.2 Å². The van der Waals surface area contributed by atoms with Gasteiger partial charge in [0.25, 0.3) is 5.56 Å². The van der Waals surface area contributed by atoms with Crippen molar-refractivity contribution in [2.24, 2.45) is 7.05 Å². The van der Waals surface area contributed by atoms with Gasteiger partial charge in [-0.2, -0.15) is 4.57 Å². The first kappa shape index (κ1) is 20.1. The van der Waals surface area contributed by atoms with Gasteiger partial charge in [-0.25, -0.2) is 9.78 Å². The van der Waals surface area contributed by atoms with E-state index in [1.54, 1.807) is 7.05 Å². The van der Waals surface area contributed by atoms with Crippen molar-refractivity contribution in [1.29, 1.82) is 0 Å². The predicted molar refractivity (Wildman–Crippen MR) is 111 cm³/mol. The van der Waals surface area contributed by atoms with Gasteiger partial charge in [0.2, 0.25) is 0 Å². The highest BCUT2D eigenvalue weighted by Crippen LogP contribution is 2.20. The number of H-pyrrole nitrogens is 1. The van der Waals surface area contributed by atoms with Gasteiger partial charge in [-0.3, -0.25) is 18.7 Å². The summed E-state index contributed by atoms with van der Waals surface area (Å²) < 4.78 is 5.31. The molecule has 0 fully saturated rings. The van der Waals surface area contributed by atoms with Crippen molar-refractivity contribution in [2.45, 2.75) is 13.0 Å². The molecule has 0 unspecified atom stereocenters. The zero-order valence-corrected chi connectivity index (χ0v) is 17.7. The van der Waals surface area contributed by atoms with Gasteiger partial charge < -0.3 is 12.4 Å². The van der Waals surface area contributed by atoms with Gasteiger partial charge in [0, 0.05) is 30.5 Å². The van der Waals surface area contributed by atoms with Crippen LogP contribution in [0.2, 0.25) is 0 Å². The molecule has 4 aromatic heterocycles. The van der Waals surface area contributed by atoms with Gasteiger partial charge in [-0.15, -0.1) is 11.3 Å². The third kappa shape index (κ3) is 3.44. The molecule has 0 saturated carbocycles. The number of aromatic nitrogens is 5. The molecule has 0 aliphatic rings. The van der Waals surface area contributed by atoms with Crippen LogP contribution in [0.3, 0.4) is 0 Å². The van der Waals surface area contributed by atoms with Crippen LogP contribution in [0, 0.1) is 0 Å². The van der Waals surface area contributed by atoms with E-state index in [9.17, 15) is 9.59 Å². The van der Waals surface area contributed by atoms with Crippen molar-refractivity contribution < 1.29 is 17.0 Å². The number of fused-ring (bicyclic) bond motifs is 3. The average molecular weight is 440 g/mol. The summed E-state index contributed by atoms with van der Waals surface area (Å²) in [5, 5.41) is 2.00. The summed E-state index contributed by atoms with van der Waals surface area (Å²) in [7, 11) is 1.61. The van der Waals surface area contributed by atoms with E-state index in [1.807, 2.05) is 40.2 Å². The van der Waals surface area contributed by atoms with Gasteiger partial charge in [-0.1, -0.05) is 30.3 Å². The van der Waals surface area contributed by atoms with Crippen molar-refractivity contribution in [2.75, 3.05) is 0 Å². The van der Waals surface area contributed by atoms with E-state index in [0.717, 1.165) is 12.1 Å². The molecule has 0 bridgehead atoms. The highest BCUT2D eigenvalue weighted by Gasteiger charge is 2.18. The Kier molecular flexibility index (Phi) is 5.27. The monoisotopic (exact) mass is 439 g/mol. The summed E-state index contributed by atoms with van der Waals surface area (Å²) in [6.07, 6.45) is 4.99. The SMILES string of the molecule is Cn1c(=O)[nH]c(=O)c2c1nc1scc(C[n+]3cccc(Cc4ccccc4)c3)n12.[Cl-]. The zero-order chi connectivity index (χ0) is 20.0. The summed E-state index contributed by atoms with van der Waals surface area (Å²) in [5.74, 6) is 0. The molecule has 9 heteroatoms. The lowest BCUT2D eigenvalue weighted by atomic mass is 10.1. The Labute approximate surface area is 181 Å². The summed E-state index contributed by atoms with van der Waals surface area (Å²) in [6, 6.07) is 14.5. The number of pyridine rings is 1. The van der Waals surface area contributed by atoms with E-state index in [2.05, 4.69) is 38.9 Å². The largest absolute Gasteiger partial charge is 1.00 e. The Balaban J connectivity index is 0.00000218. The molecule has 1 aromatic carbocycles. The van der Waals surface area contributed by atoms with E-state index in [0.29, 0.717) is 22.7 Å². The zero-order valence-electron chi connectivity index (χ0n) is 16.1. The fourth-order valence-corrected chi connectivity index (χ4v) is 4.46. The molecular weight excluding hydrogens is 422 g/mol. The van der Waals surface area contributed by atoms with Gasteiger partial charge in [0.1, 0.15) is 5.69 Å². The Morgan fingerprint density at radius 3 is 2.67 bits per heavy atom. The normalized spacial score (nSPS) is 11.1. The standard InChI is InChI=1S/C21H17N5O2S.ClH/c1-24-18-17(19(27)23-20(24)28)26-16(13-29-21(26)22-18)12-25-9-5-8-15(11-25)10-14-6-3-2-4-7-14;/h2-9,11,13H,10,12H2,1H3;1H. The molecule has 5 aromatic rings. The van der Waals surface area contributed by atoms with Crippen molar-refractivity contribution in [3.8, 4) is 0 Å². The van der Waals surface area contributed by atoms with Gasteiger partial charge in [0.05, 0.1) is 0 Å². The number of hydrogen-bond donors (Lipinski definition) is 1. The second kappa shape index (κ2) is 7.89. The molecule has 0 saturated heterocycles. The van der Waals surface area contributed by atoms with E-state index in [4.69, 9.17) is 0 Å². The Hall–Kier alpha value is -3.23. The molecule has 0 spiro atoms. The maximum atomic E-state index is 12.5. The van der Waals surface area contributed by atoms with Crippen LogP contribution in [0.5, 0.6) is 0 Å². The molecule has 0 radical (unpaired) electrons. The molecule has 0 aliphatic carbocycles. The Morgan fingerprint density at radius 2 is 1.87 bits per heavy atom. The summed E-state index contributed by atoms with van der Waals surface area (Å²) in [4.78, 5) is 31.9. The first-order valence-electron chi connectivity index (χ1n) is 9.20. The number of hydrogen-bond acceptors (Lipinski definition) is 4. The maximum Gasteiger partial charge on any atom is 0.329 e. The van der Waals surface area contributed by atoms with Crippen LogP contribution in [0.1, 0.15) is 16.8 Å². The van der Waals surface area contributed by atoms with E-state index in [-0.39, 0.29) is 12.4 Å². The first-order valence-corrected chi connectivity index (χ1v) is 10.1. The smallest absolute Gasteiger partial charge is 0.329 e. The lowest BCUT2D eigenvalue weighted by Gasteiger charge is -2.02. The number of thiazole rings is 1. The van der Waals surface area contributed by atoms with E-state index >= 15 is 0 Å². The number of rotatable bonds is 4. The number of benzene rings is 1. The Morgan fingerprint density at radius 1 is 1.10 bits per heavy atom. The summed E-state index contributed by atoms with van der Waals surface area (Å²) >= 11 is 1.46. The number of imidazole rings is 1. The van der Waals surface area contributed by atoms with E-state index in [1.165, 1.54) is 27.0 Å². The molecule has 7 nitrogen and oxygen atoms in total. The van der Waals surface area contributed by atoms with Crippen LogP contribution in [0.25, 0.3) is 16.1 Å². The summed E-state index contributed by atoms with van der Waals surface area (Å²) in [5.41, 5.74) is 3.33. The lowest BCUT2D eigenvalue weighted by Crippen LogP contribution is -3.00. The fourth-order valence-electron chi connectivity index (χ4n) is 3.59. The van der Waals surface area contributed by atoms with Gasteiger partial charge in [0.15, 0.2) is 35.1 Å².